The molecule has 2 aromatic carbocycles. The number of ether oxygens (including phenoxy) is 2. The lowest BCUT2D eigenvalue weighted by atomic mass is 10.2. The average Bonchev–Trinajstić information content (AvgIpc) is 2.49. The summed E-state index contributed by atoms with van der Waals surface area (Å²) in [5, 5.41) is 0. The molecule has 0 aliphatic rings. The summed E-state index contributed by atoms with van der Waals surface area (Å²) in [6.45, 7) is 1.99. The van der Waals surface area contributed by atoms with Crippen molar-refractivity contribution in [3.63, 3.8) is 0 Å². The largest absolute Gasteiger partial charge is 0.490 e. The van der Waals surface area contributed by atoms with Gasteiger partial charge in [-0.05, 0) is 25.1 Å². The molecule has 0 heterocycles. The second kappa shape index (κ2) is 6.83. The molecule has 0 aliphatic heterocycles. The Morgan fingerprint density at radius 2 is 1.86 bits per heavy atom. The standard InChI is InChI=1S/C16H14F2O3/c1-2-20-14-8-4-5-11(9-19)16(14)21-10-12-6-3-7-13(17)15(12)18/h3-9H,2,10H2,1H3. The van der Waals surface area contributed by atoms with Crippen LogP contribution in [-0.2, 0) is 6.61 Å². The van der Waals surface area contributed by atoms with Crippen molar-refractivity contribution in [2.75, 3.05) is 6.61 Å². The minimum absolute atomic E-state index is 0.0677. The van der Waals surface area contributed by atoms with Gasteiger partial charge < -0.3 is 9.47 Å². The van der Waals surface area contributed by atoms with Crippen LogP contribution in [0, 0.1) is 11.6 Å². The molecule has 0 radical (unpaired) electrons. The molecule has 5 heteroatoms. The molecule has 110 valence electrons. The first kappa shape index (κ1) is 15.0. The number of rotatable bonds is 6. The van der Waals surface area contributed by atoms with E-state index in [1.165, 1.54) is 12.1 Å². The maximum Gasteiger partial charge on any atom is 0.172 e. The van der Waals surface area contributed by atoms with Gasteiger partial charge in [-0.3, -0.25) is 4.79 Å². The monoisotopic (exact) mass is 292 g/mol. The lowest BCUT2D eigenvalue weighted by molar-refractivity contribution is 0.111. The zero-order valence-corrected chi connectivity index (χ0v) is 11.4. The van der Waals surface area contributed by atoms with Gasteiger partial charge in [-0.2, -0.15) is 0 Å². The van der Waals surface area contributed by atoms with Crippen LogP contribution in [0.1, 0.15) is 22.8 Å². The highest BCUT2D eigenvalue weighted by Gasteiger charge is 2.13. The van der Waals surface area contributed by atoms with Crippen molar-refractivity contribution in [2.45, 2.75) is 13.5 Å². The molecule has 0 N–H and O–H groups in total. The van der Waals surface area contributed by atoms with Gasteiger partial charge >= 0.3 is 0 Å². The van der Waals surface area contributed by atoms with E-state index in [1.807, 2.05) is 0 Å². The molecular weight excluding hydrogens is 278 g/mol. The maximum absolute atomic E-state index is 13.6. The van der Waals surface area contributed by atoms with Crippen molar-refractivity contribution in [1.82, 2.24) is 0 Å². The summed E-state index contributed by atoms with van der Waals surface area (Å²) < 4.78 is 37.6. The van der Waals surface area contributed by atoms with Crippen molar-refractivity contribution >= 4 is 6.29 Å². The van der Waals surface area contributed by atoms with Gasteiger partial charge in [0.2, 0.25) is 0 Å². The van der Waals surface area contributed by atoms with Crippen molar-refractivity contribution in [3.05, 3.63) is 59.2 Å². The molecule has 0 unspecified atom stereocenters. The van der Waals surface area contributed by atoms with E-state index in [9.17, 15) is 13.6 Å². The molecule has 0 bridgehead atoms. The minimum Gasteiger partial charge on any atom is -0.490 e. The van der Waals surface area contributed by atoms with Crippen molar-refractivity contribution in [1.29, 1.82) is 0 Å². The summed E-state index contributed by atoms with van der Waals surface area (Å²) in [4.78, 5) is 11.0. The van der Waals surface area contributed by atoms with E-state index >= 15 is 0 Å². The van der Waals surface area contributed by atoms with E-state index in [2.05, 4.69) is 0 Å². The van der Waals surface area contributed by atoms with Crippen LogP contribution in [0.25, 0.3) is 0 Å². The van der Waals surface area contributed by atoms with Gasteiger partial charge in [-0.25, -0.2) is 8.78 Å². The van der Waals surface area contributed by atoms with Gasteiger partial charge in [0, 0.05) is 5.56 Å². The summed E-state index contributed by atoms with van der Waals surface area (Å²) in [6, 6.07) is 8.71. The predicted octanol–water partition coefficient (Wildman–Crippen LogP) is 3.76. The van der Waals surface area contributed by atoms with Gasteiger partial charge in [0.1, 0.15) is 6.61 Å². The molecule has 0 aliphatic carbocycles. The van der Waals surface area contributed by atoms with Crippen LogP contribution in [0.15, 0.2) is 36.4 Å². The highest BCUT2D eigenvalue weighted by molar-refractivity contribution is 5.81. The van der Waals surface area contributed by atoms with E-state index in [-0.39, 0.29) is 23.5 Å². The first-order valence-corrected chi connectivity index (χ1v) is 6.44. The lowest BCUT2D eigenvalue weighted by Crippen LogP contribution is -2.04. The molecule has 2 rings (SSSR count). The van der Waals surface area contributed by atoms with Crippen molar-refractivity contribution < 1.29 is 23.0 Å². The third kappa shape index (κ3) is 3.37. The summed E-state index contributed by atoms with van der Waals surface area (Å²) in [6.07, 6.45) is 0.625. The molecule has 0 atom stereocenters. The Hall–Kier alpha value is -2.43. The second-order valence-corrected chi connectivity index (χ2v) is 4.23. The van der Waals surface area contributed by atoms with E-state index in [0.717, 1.165) is 6.07 Å². The topological polar surface area (TPSA) is 35.5 Å². The molecule has 0 saturated carbocycles. The molecule has 3 nitrogen and oxygen atoms in total. The molecule has 0 spiro atoms. The zero-order chi connectivity index (χ0) is 15.2. The highest BCUT2D eigenvalue weighted by atomic mass is 19.2. The number of halogens is 2. The summed E-state index contributed by atoms with van der Waals surface area (Å²) in [5.74, 6) is -1.29. The fourth-order valence-electron chi connectivity index (χ4n) is 1.86. The Kier molecular flexibility index (Phi) is 4.87. The fourth-order valence-corrected chi connectivity index (χ4v) is 1.86. The smallest absolute Gasteiger partial charge is 0.172 e. The van der Waals surface area contributed by atoms with Crippen molar-refractivity contribution in [2.24, 2.45) is 0 Å². The van der Waals surface area contributed by atoms with Gasteiger partial charge in [-0.15, -0.1) is 0 Å². The Bertz CT molecular complexity index is 641. The number of para-hydroxylation sites is 1. The van der Waals surface area contributed by atoms with Crippen LogP contribution < -0.4 is 9.47 Å². The Morgan fingerprint density at radius 1 is 1.10 bits per heavy atom. The molecule has 0 saturated heterocycles. The quantitative estimate of drug-likeness (QED) is 0.761. The average molecular weight is 292 g/mol. The normalized spacial score (nSPS) is 10.2. The number of benzene rings is 2. The van der Waals surface area contributed by atoms with Crippen LogP contribution in [-0.4, -0.2) is 12.9 Å². The third-order valence-electron chi connectivity index (χ3n) is 2.84. The SMILES string of the molecule is CCOc1cccc(C=O)c1OCc1cccc(F)c1F. The van der Waals surface area contributed by atoms with Crippen LogP contribution in [0.5, 0.6) is 11.5 Å². The van der Waals surface area contributed by atoms with Crippen LogP contribution in [0.4, 0.5) is 8.78 Å². The van der Waals surface area contributed by atoms with Gasteiger partial charge in [0.25, 0.3) is 0 Å². The number of aldehydes is 1. The van der Waals surface area contributed by atoms with Crippen LogP contribution in [0.2, 0.25) is 0 Å². The molecule has 0 fully saturated rings. The first-order chi connectivity index (χ1) is 10.2. The van der Waals surface area contributed by atoms with Crippen molar-refractivity contribution in [3.8, 4) is 11.5 Å². The summed E-state index contributed by atoms with van der Waals surface area (Å²) >= 11 is 0. The minimum atomic E-state index is -0.959. The third-order valence-corrected chi connectivity index (χ3v) is 2.84. The van der Waals surface area contributed by atoms with Crippen LogP contribution in [0.3, 0.4) is 0 Å². The number of carbonyl (C=O) groups excluding carboxylic acids is 1. The van der Waals surface area contributed by atoms with Gasteiger partial charge in [0.15, 0.2) is 29.4 Å². The number of hydrogen-bond acceptors (Lipinski definition) is 3. The summed E-state index contributed by atoms with van der Waals surface area (Å²) in [5.41, 5.74) is 0.357. The number of hydrogen-bond donors (Lipinski definition) is 0. The Morgan fingerprint density at radius 3 is 2.57 bits per heavy atom. The van der Waals surface area contributed by atoms with E-state index in [4.69, 9.17) is 9.47 Å². The molecular formula is C16H14F2O3. The molecule has 2 aromatic rings. The van der Waals surface area contributed by atoms with Gasteiger partial charge in [-0.1, -0.05) is 18.2 Å². The maximum atomic E-state index is 13.6. The van der Waals surface area contributed by atoms with Gasteiger partial charge in [0.05, 0.1) is 12.2 Å². The van der Waals surface area contributed by atoms with E-state index < -0.39 is 11.6 Å². The lowest BCUT2D eigenvalue weighted by Gasteiger charge is -2.14. The Labute approximate surface area is 121 Å². The van der Waals surface area contributed by atoms with Crippen LogP contribution >= 0.6 is 0 Å². The predicted molar refractivity (Wildman–Crippen MR) is 73.7 cm³/mol. The second-order valence-electron chi connectivity index (χ2n) is 4.23. The zero-order valence-electron chi connectivity index (χ0n) is 11.4. The molecule has 21 heavy (non-hydrogen) atoms. The highest BCUT2D eigenvalue weighted by Crippen LogP contribution is 2.31. The molecule has 0 amide bonds. The van der Waals surface area contributed by atoms with E-state index in [1.54, 1.807) is 25.1 Å². The fraction of sp³-hybridized carbons (Fsp3) is 0.188. The molecule has 0 aromatic heterocycles. The Balaban J connectivity index is 2.26. The summed E-state index contributed by atoms with van der Waals surface area (Å²) in [7, 11) is 0. The number of carbonyl (C=O) groups is 1. The van der Waals surface area contributed by atoms with E-state index in [0.29, 0.717) is 18.6 Å². The first-order valence-electron chi connectivity index (χ1n) is 6.44.